The number of anilines is 1. The van der Waals surface area contributed by atoms with Gasteiger partial charge in [-0.15, -0.1) is 0 Å². The third kappa shape index (κ3) is 3.06. The molecule has 0 bridgehead atoms. The number of nitrogens with one attached hydrogen (secondary N) is 1. The van der Waals surface area contributed by atoms with Crippen LogP contribution in [0.15, 0.2) is 9.98 Å². The van der Waals surface area contributed by atoms with Gasteiger partial charge in [-0.1, -0.05) is 32.1 Å². The second kappa shape index (κ2) is 4.89. The SMILES string of the molecule is CC(C)C(C)C(=O)Nc1ncc(Br)s1. The number of nitrogens with zero attached hydrogens (tertiary/aromatic N) is 1. The molecule has 1 aromatic heterocycles. The maximum atomic E-state index is 11.6. The average molecular weight is 277 g/mol. The van der Waals surface area contributed by atoms with Gasteiger partial charge in [0, 0.05) is 5.92 Å². The molecule has 1 amide bonds. The van der Waals surface area contributed by atoms with Crippen LogP contribution in [0.2, 0.25) is 0 Å². The molecule has 0 aromatic carbocycles. The van der Waals surface area contributed by atoms with Crippen LogP contribution in [0.3, 0.4) is 0 Å². The summed E-state index contributed by atoms with van der Waals surface area (Å²) in [6, 6.07) is 0. The third-order valence-electron chi connectivity index (χ3n) is 2.12. The Labute approximate surface area is 96.1 Å². The fourth-order valence-electron chi connectivity index (χ4n) is 0.834. The molecule has 78 valence electrons. The molecule has 1 heterocycles. The summed E-state index contributed by atoms with van der Waals surface area (Å²) < 4.78 is 0.921. The molecule has 0 fully saturated rings. The molecule has 14 heavy (non-hydrogen) atoms. The van der Waals surface area contributed by atoms with Crippen molar-refractivity contribution in [2.45, 2.75) is 20.8 Å². The van der Waals surface area contributed by atoms with Crippen LogP contribution >= 0.6 is 27.3 Å². The maximum absolute atomic E-state index is 11.6. The van der Waals surface area contributed by atoms with E-state index in [9.17, 15) is 4.79 Å². The zero-order valence-electron chi connectivity index (χ0n) is 8.37. The van der Waals surface area contributed by atoms with E-state index in [1.165, 1.54) is 11.3 Å². The van der Waals surface area contributed by atoms with Gasteiger partial charge in [0.15, 0.2) is 5.13 Å². The first kappa shape index (κ1) is 11.7. The van der Waals surface area contributed by atoms with Crippen LogP contribution in [0.5, 0.6) is 0 Å². The van der Waals surface area contributed by atoms with Crippen molar-refractivity contribution in [2.24, 2.45) is 11.8 Å². The third-order valence-corrected chi connectivity index (χ3v) is 3.51. The summed E-state index contributed by atoms with van der Waals surface area (Å²) in [5, 5.41) is 3.43. The molecule has 0 aliphatic heterocycles. The molecule has 0 radical (unpaired) electrons. The predicted octanol–water partition coefficient (Wildman–Crippen LogP) is 3.14. The van der Waals surface area contributed by atoms with Crippen molar-refractivity contribution in [3.63, 3.8) is 0 Å². The minimum atomic E-state index is 0.0117. The Balaban J connectivity index is 2.57. The Morgan fingerprint density at radius 3 is 2.64 bits per heavy atom. The van der Waals surface area contributed by atoms with Gasteiger partial charge in [0.2, 0.25) is 5.91 Å². The molecule has 1 unspecified atom stereocenters. The van der Waals surface area contributed by atoms with E-state index in [0.717, 1.165) is 3.79 Å². The largest absolute Gasteiger partial charge is 0.302 e. The lowest BCUT2D eigenvalue weighted by atomic mass is 9.97. The van der Waals surface area contributed by atoms with Crippen molar-refractivity contribution in [3.05, 3.63) is 9.98 Å². The van der Waals surface area contributed by atoms with Gasteiger partial charge in [-0.05, 0) is 21.8 Å². The standard InChI is InChI=1S/C9H13BrN2OS/c1-5(2)6(3)8(13)12-9-11-4-7(10)14-9/h4-6H,1-3H3,(H,11,12,13). The van der Waals surface area contributed by atoms with E-state index >= 15 is 0 Å². The zero-order valence-corrected chi connectivity index (χ0v) is 10.8. The topological polar surface area (TPSA) is 42.0 Å². The number of thiazole rings is 1. The fraction of sp³-hybridized carbons (Fsp3) is 0.556. The van der Waals surface area contributed by atoms with Gasteiger partial charge in [-0.25, -0.2) is 4.98 Å². The Bertz CT molecular complexity index is 324. The fourth-order valence-corrected chi connectivity index (χ4v) is 1.94. The van der Waals surface area contributed by atoms with E-state index < -0.39 is 0 Å². The molecule has 1 aromatic rings. The molecule has 0 spiro atoms. The van der Waals surface area contributed by atoms with Crippen LogP contribution in [0, 0.1) is 11.8 Å². The smallest absolute Gasteiger partial charge is 0.229 e. The number of hydrogen-bond acceptors (Lipinski definition) is 3. The van der Waals surface area contributed by atoms with Gasteiger partial charge in [0.05, 0.1) is 9.98 Å². The maximum Gasteiger partial charge on any atom is 0.229 e. The highest BCUT2D eigenvalue weighted by atomic mass is 79.9. The van der Waals surface area contributed by atoms with Gasteiger partial charge in [-0.3, -0.25) is 4.79 Å². The number of halogens is 1. The molecular formula is C9H13BrN2OS. The number of hydrogen-bond donors (Lipinski definition) is 1. The first-order valence-corrected chi connectivity index (χ1v) is 6.04. The summed E-state index contributed by atoms with van der Waals surface area (Å²) >= 11 is 4.71. The lowest BCUT2D eigenvalue weighted by Crippen LogP contribution is -2.24. The Hall–Kier alpha value is -0.420. The quantitative estimate of drug-likeness (QED) is 0.922. The summed E-state index contributed by atoms with van der Waals surface area (Å²) in [6.07, 6.45) is 1.68. The van der Waals surface area contributed by atoms with E-state index in [0.29, 0.717) is 11.0 Å². The lowest BCUT2D eigenvalue weighted by Gasteiger charge is -2.13. The highest BCUT2D eigenvalue weighted by Gasteiger charge is 2.17. The lowest BCUT2D eigenvalue weighted by molar-refractivity contribution is -0.120. The number of carbonyl (C=O) groups excluding carboxylic acids is 1. The molecule has 0 aliphatic carbocycles. The Morgan fingerprint density at radius 1 is 1.57 bits per heavy atom. The first-order chi connectivity index (χ1) is 6.50. The van der Waals surface area contributed by atoms with E-state index in [-0.39, 0.29) is 11.8 Å². The van der Waals surface area contributed by atoms with Crippen LogP contribution in [-0.2, 0) is 4.79 Å². The average Bonchev–Trinajstić information content (AvgIpc) is 2.49. The van der Waals surface area contributed by atoms with Crippen LogP contribution < -0.4 is 5.32 Å². The minimum Gasteiger partial charge on any atom is -0.302 e. The van der Waals surface area contributed by atoms with Crippen molar-refractivity contribution in [2.75, 3.05) is 5.32 Å². The molecule has 0 saturated carbocycles. The second-order valence-electron chi connectivity index (χ2n) is 3.49. The summed E-state index contributed by atoms with van der Waals surface area (Å²) in [5.41, 5.74) is 0. The van der Waals surface area contributed by atoms with Crippen molar-refractivity contribution >= 4 is 38.3 Å². The van der Waals surface area contributed by atoms with E-state index in [4.69, 9.17) is 0 Å². The number of aromatic nitrogens is 1. The van der Waals surface area contributed by atoms with Crippen molar-refractivity contribution in [1.29, 1.82) is 0 Å². The molecule has 5 heteroatoms. The summed E-state index contributed by atoms with van der Waals surface area (Å²) in [5.74, 6) is 0.387. The monoisotopic (exact) mass is 276 g/mol. The van der Waals surface area contributed by atoms with Gasteiger partial charge in [0.1, 0.15) is 0 Å². The Kier molecular flexibility index (Phi) is 4.07. The molecule has 1 N–H and O–H groups in total. The van der Waals surface area contributed by atoms with Crippen LogP contribution in [0.25, 0.3) is 0 Å². The highest BCUT2D eigenvalue weighted by Crippen LogP contribution is 2.24. The zero-order chi connectivity index (χ0) is 10.7. The van der Waals surface area contributed by atoms with Crippen molar-refractivity contribution < 1.29 is 4.79 Å². The van der Waals surface area contributed by atoms with Crippen LogP contribution in [-0.4, -0.2) is 10.9 Å². The summed E-state index contributed by atoms with van der Waals surface area (Å²) in [7, 11) is 0. The van der Waals surface area contributed by atoms with Crippen molar-refractivity contribution in [1.82, 2.24) is 4.98 Å². The molecule has 0 saturated heterocycles. The van der Waals surface area contributed by atoms with Crippen LogP contribution in [0.1, 0.15) is 20.8 Å². The Morgan fingerprint density at radius 2 is 2.21 bits per heavy atom. The number of amides is 1. The normalized spacial score (nSPS) is 12.9. The number of carbonyl (C=O) groups is 1. The molecule has 1 rings (SSSR count). The molecular weight excluding hydrogens is 264 g/mol. The molecule has 0 aliphatic rings. The molecule has 3 nitrogen and oxygen atoms in total. The highest BCUT2D eigenvalue weighted by molar-refractivity contribution is 9.11. The predicted molar refractivity (Wildman–Crippen MR) is 62.4 cm³/mol. The summed E-state index contributed by atoms with van der Waals surface area (Å²) in [6.45, 7) is 5.98. The number of rotatable bonds is 3. The van der Waals surface area contributed by atoms with Gasteiger partial charge >= 0.3 is 0 Å². The van der Waals surface area contributed by atoms with E-state index in [1.807, 2.05) is 20.8 Å². The summed E-state index contributed by atoms with van der Waals surface area (Å²) in [4.78, 5) is 15.6. The molecule has 1 atom stereocenters. The van der Waals surface area contributed by atoms with E-state index in [1.54, 1.807) is 6.20 Å². The minimum absolute atomic E-state index is 0.0117. The first-order valence-electron chi connectivity index (χ1n) is 4.43. The van der Waals surface area contributed by atoms with Gasteiger partial charge in [-0.2, -0.15) is 0 Å². The van der Waals surface area contributed by atoms with Crippen LogP contribution in [0.4, 0.5) is 5.13 Å². The van der Waals surface area contributed by atoms with Gasteiger partial charge in [0.25, 0.3) is 0 Å². The van der Waals surface area contributed by atoms with Crippen molar-refractivity contribution in [3.8, 4) is 0 Å². The second-order valence-corrected chi connectivity index (χ2v) is 5.90. The van der Waals surface area contributed by atoms with E-state index in [2.05, 4.69) is 26.2 Å². The van der Waals surface area contributed by atoms with Gasteiger partial charge < -0.3 is 5.32 Å².